The highest BCUT2D eigenvalue weighted by molar-refractivity contribution is 6.14. The zero-order valence-corrected chi connectivity index (χ0v) is 12.7. The number of fused-ring (bicyclic) bond motifs is 6. The van der Waals surface area contributed by atoms with Crippen LogP contribution in [0.3, 0.4) is 0 Å². The van der Waals surface area contributed by atoms with Crippen LogP contribution in [0.25, 0.3) is 50.0 Å². The summed E-state index contributed by atoms with van der Waals surface area (Å²) in [6.07, 6.45) is 4.11. The van der Waals surface area contributed by atoms with E-state index in [-0.39, 0.29) is 0 Å². The minimum atomic E-state index is 0.900. The summed E-state index contributed by atoms with van der Waals surface area (Å²) in [5.74, 6) is 0. The molecular formula is C21H14O2. The predicted molar refractivity (Wildman–Crippen MR) is 95.7 cm³/mol. The molecule has 0 aliphatic heterocycles. The van der Waals surface area contributed by atoms with Gasteiger partial charge in [-0.05, 0) is 42.8 Å². The average Bonchev–Trinajstić information content (AvgIpc) is 3.10. The van der Waals surface area contributed by atoms with Gasteiger partial charge in [0.25, 0.3) is 0 Å². The number of hydrogen-bond acceptors (Lipinski definition) is 2. The van der Waals surface area contributed by atoms with Gasteiger partial charge in [0.05, 0.1) is 0 Å². The van der Waals surface area contributed by atoms with Crippen molar-refractivity contribution in [1.82, 2.24) is 0 Å². The Hall–Kier alpha value is -3.00. The molecular weight excluding hydrogens is 284 g/mol. The zero-order chi connectivity index (χ0) is 15.4. The Kier molecular flexibility index (Phi) is 2.45. The second-order valence-electron chi connectivity index (χ2n) is 5.80. The summed E-state index contributed by atoms with van der Waals surface area (Å²) < 4.78 is 12.1. The van der Waals surface area contributed by atoms with Crippen LogP contribution in [0.15, 0.2) is 69.5 Å². The highest BCUT2D eigenvalue weighted by atomic mass is 16.3. The molecule has 0 saturated heterocycles. The molecule has 2 heterocycles. The smallest absolute Gasteiger partial charge is 0.136 e. The molecule has 5 rings (SSSR count). The molecule has 0 unspecified atom stereocenters. The first-order valence-corrected chi connectivity index (χ1v) is 7.74. The van der Waals surface area contributed by atoms with Crippen molar-refractivity contribution in [2.75, 3.05) is 0 Å². The lowest BCUT2D eigenvalue weighted by molar-refractivity contribution is 0.664. The van der Waals surface area contributed by atoms with Gasteiger partial charge in [0.15, 0.2) is 0 Å². The third-order valence-corrected chi connectivity index (χ3v) is 4.35. The molecule has 2 nitrogen and oxygen atoms in total. The summed E-state index contributed by atoms with van der Waals surface area (Å²) in [6, 6.07) is 18.6. The van der Waals surface area contributed by atoms with Crippen LogP contribution < -0.4 is 0 Å². The van der Waals surface area contributed by atoms with E-state index in [9.17, 15) is 0 Å². The maximum absolute atomic E-state index is 6.09. The highest BCUT2D eigenvalue weighted by Gasteiger charge is 2.12. The van der Waals surface area contributed by atoms with Gasteiger partial charge in [0.1, 0.15) is 22.3 Å². The number of para-hydroxylation sites is 1. The first-order chi connectivity index (χ1) is 11.3. The third-order valence-electron chi connectivity index (χ3n) is 4.35. The molecule has 23 heavy (non-hydrogen) atoms. The number of furan rings is 2. The molecule has 0 N–H and O–H groups in total. The van der Waals surface area contributed by atoms with E-state index < -0.39 is 0 Å². The minimum Gasteiger partial charge on any atom is -0.456 e. The molecule has 3 aromatic carbocycles. The lowest BCUT2D eigenvalue weighted by Gasteiger charge is -1.93. The Morgan fingerprint density at radius 2 is 1.30 bits per heavy atom. The van der Waals surface area contributed by atoms with E-state index in [4.69, 9.17) is 8.83 Å². The quantitative estimate of drug-likeness (QED) is 0.352. The molecule has 0 amide bonds. The summed E-state index contributed by atoms with van der Waals surface area (Å²) in [5.41, 5.74) is 4.77. The highest BCUT2D eigenvalue weighted by Crippen LogP contribution is 2.36. The zero-order valence-electron chi connectivity index (χ0n) is 12.7. The van der Waals surface area contributed by atoms with Crippen molar-refractivity contribution in [1.29, 1.82) is 0 Å². The van der Waals surface area contributed by atoms with Crippen molar-refractivity contribution in [2.45, 2.75) is 6.92 Å². The Labute approximate surface area is 132 Å². The fraction of sp³-hybridized carbons (Fsp3) is 0.0476. The molecule has 2 heteroatoms. The fourth-order valence-corrected chi connectivity index (χ4v) is 3.31. The maximum atomic E-state index is 6.09. The van der Waals surface area contributed by atoms with Crippen LogP contribution in [0.1, 0.15) is 12.5 Å². The van der Waals surface area contributed by atoms with Crippen molar-refractivity contribution in [3.8, 4) is 0 Å². The molecule has 5 aromatic rings. The first kappa shape index (κ1) is 12.5. The van der Waals surface area contributed by atoms with Gasteiger partial charge in [-0.3, -0.25) is 0 Å². The van der Waals surface area contributed by atoms with E-state index in [1.165, 1.54) is 0 Å². The summed E-state index contributed by atoms with van der Waals surface area (Å²) in [4.78, 5) is 0. The van der Waals surface area contributed by atoms with Crippen molar-refractivity contribution < 1.29 is 8.83 Å². The van der Waals surface area contributed by atoms with Gasteiger partial charge in [-0.2, -0.15) is 0 Å². The molecule has 0 spiro atoms. The summed E-state index contributed by atoms with van der Waals surface area (Å²) in [7, 11) is 0. The largest absolute Gasteiger partial charge is 0.456 e. The summed E-state index contributed by atoms with van der Waals surface area (Å²) in [6.45, 7) is 2.02. The monoisotopic (exact) mass is 298 g/mol. The van der Waals surface area contributed by atoms with Crippen LogP contribution in [0.2, 0.25) is 0 Å². The summed E-state index contributed by atoms with van der Waals surface area (Å²) in [5, 5.41) is 4.44. The SMILES string of the molecule is C/C=C/c1ccc2c(c1)oc1cc3c(cc12)oc1ccccc13. The molecule has 2 aromatic heterocycles. The van der Waals surface area contributed by atoms with Gasteiger partial charge in [-0.15, -0.1) is 0 Å². The van der Waals surface area contributed by atoms with Crippen molar-refractivity contribution in [2.24, 2.45) is 0 Å². The van der Waals surface area contributed by atoms with E-state index in [2.05, 4.69) is 42.5 Å². The molecule has 0 saturated carbocycles. The molecule has 0 bridgehead atoms. The molecule has 0 atom stereocenters. The average molecular weight is 298 g/mol. The predicted octanol–water partition coefficient (Wildman–Crippen LogP) is 6.52. The maximum Gasteiger partial charge on any atom is 0.136 e. The van der Waals surface area contributed by atoms with Gasteiger partial charge in [0, 0.05) is 21.5 Å². The Morgan fingerprint density at radius 1 is 0.652 bits per heavy atom. The van der Waals surface area contributed by atoms with E-state index in [1.807, 2.05) is 31.2 Å². The lowest BCUT2D eigenvalue weighted by atomic mass is 10.1. The van der Waals surface area contributed by atoms with Gasteiger partial charge >= 0.3 is 0 Å². The molecule has 0 radical (unpaired) electrons. The number of allylic oxidation sites excluding steroid dienone is 1. The van der Waals surface area contributed by atoms with Gasteiger partial charge < -0.3 is 8.83 Å². The third kappa shape index (κ3) is 1.75. The minimum absolute atomic E-state index is 0.900. The molecule has 0 aliphatic carbocycles. The Balaban J connectivity index is 1.89. The van der Waals surface area contributed by atoms with E-state index in [0.717, 1.165) is 49.4 Å². The van der Waals surface area contributed by atoms with Gasteiger partial charge in [0.2, 0.25) is 0 Å². The fourth-order valence-electron chi connectivity index (χ4n) is 3.31. The van der Waals surface area contributed by atoms with E-state index in [1.54, 1.807) is 0 Å². The molecule has 0 aliphatic rings. The normalized spacial score (nSPS) is 12.4. The van der Waals surface area contributed by atoms with Crippen molar-refractivity contribution in [3.63, 3.8) is 0 Å². The van der Waals surface area contributed by atoms with Crippen LogP contribution in [0.4, 0.5) is 0 Å². The first-order valence-electron chi connectivity index (χ1n) is 7.74. The topological polar surface area (TPSA) is 26.3 Å². The number of benzene rings is 3. The Morgan fingerprint density at radius 3 is 2.09 bits per heavy atom. The van der Waals surface area contributed by atoms with Gasteiger partial charge in [-0.25, -0.2) is 0 Å². The standard InChI is InChI=1S/C21H14O2/c1-2-5-13-8-9-15-17-12-20-16(11-21(17)23-19(15)10-13)14-6-3-4-7-18(14)22-20/h2-12H,1H3/b5-2+. The molecule has 110 valence electrons. The summed E-state index contributed by atoms with van der Waals surface area (Å²) >= 11 is 0. The van der Waals surface area contributed by atoms with Crippen LogP contribution in [0.5, 0.6) is 0 Å². The van der Waals surface area contributed by atoms with Crippen molar-refractivity contribution >= 4 is 50.0 Å². The van der Waals surface area contributed by atoms with Crippen LogP contribution >= 0.6 is 0 Å². The van der Waals surface area contributed by atoms with Crippen LogP contribution in [-0.2, 0) is 0 Å². The van der Waals surface area contributed by atoms with E-state index in [0.29, 0.717) is 0 Å². The number of rotatable bonds is 1. The number of hydrogen-bond donors (Lipinski definition) is 0. The van der Waals surface area contributed by atoms with Crippen LogP contribution in [-0.4, -0.2) is 0 Å². The molecule has 0 fully saturated rings. The second kappa shape index (κ2) is 4.50. The second-order valence-corrected chi connectivity index (χ2v) is 5.80. The van der Waals surface area contributed by atoms with E-state index >= 15 is 0 Å². The van der Waals surface area contributed by atoms with Crippen molar-refractivity contribution in [3.05, 3.63) is 66.2 Å². The lowest BCUT2D eigenvalue weighted by Crippen LogP contribution is -1.71. The van der Waals surface area contributed by atoms with Crippen LogP contribution in [0, 0.1) is 0 Å². The Bertz CT molecular complexity index is 1220. The van der Waals surface area contributed by atoms with Gasteiger partial charge in [-0.1, -0.05) is 36.4 Å².